The molecule has 1 saturated carbocycles. The summed E-state index contributed by atoms with van der Waals surface area (Å²) in [5.74, 6) is 0.483. The van der Waals surface area contributed by atoms with E-state index < -0.39 is 6.61 Å². The zero-order valence-corrected chi connectivity index (χ0v) is 17.2. The summed E-state index contributed by atoms with van der Waals surface area (Å²) >= 11 is 0. The third-order valence-electron chi connectivity index (χ3n) is 4.71. The van der Waals surface area contributed by atoms with E-state index in [4.69, 9.17) is 4.74 Å². The van der Waals surface area contributed by atoms with Gasteiger partial charge < -0.3 is 14.8 Å². The minimum absolute atomic E-state index is 0.0590. The topological polar surface area (TPSA) is 91.2 Å². The van der Waals surface area contributed by atoms with Crippen molar-refractivity contribution in [2.24, 2.45) is 0 Å². The van der Waals surface area contributed by atoms with Crippen LogP contribution in [-0.4, -0.2) is 39.3 Å². The summed E-state index contributed by atoms with van der Waals surface area (Å²) in [5, 5.41) is 14.6. The number of anilines is 1. The first-order chi connectivity index (χ1) is 15.5. The van der Waals surface area contributed by atoms with Gasteiger partial charge in [-0.25, -0.2) is 4.68 Å². The average molecular weight is 441 g/mol. The number of hydrogen-bond donors (Lipinski definition) is 1. The van der Waals surface area contributed by atoms with Crippen LogP contribution in [0.4, 0.5) is 14.5 Å². The predicted molar refractivity (Wildman–Crippen MR) is 113 cm³/mol. The fourth-order valence-corrected chi connectivity index (χ4v) is 3.10. The van der Waals surface area contributed by atoms with E-state index in [0.29, 0.717) is 23.1 Å². The largest absolute Gasteiger partial charge is 0.490 e. The fraction of sp³-hybridized carbons (Fsp3) is 0.273. The van der Waals surface area contributed by atoms with Crippen LogP contribution in [-0.2, 0) is 4.79 Å². The average Bonchev–Trinajstić information content (AvgIpc) is 3.50. The van der Waals surface area contributed by atoms with Gasteiger partial charge >= 0.3 is 6.61 Å². The number of ether oxygens (including phenoxy) is 2. The maximum absolute atomic E-state index is 12.5. The molecule has 0 aliphatic heterocycles. The van der Waals surface area contributed by atoms with Crippen molar-refractivity contribution < 1.29 is 23.0 Å². The summed E-state index contributed by atoms with van der Waals surface area (Å²) in [6.45, 7) is -0.926. The summed E-state index contributed by atoms with van der Waals surface area (Å²) < 4.78 is 36.6. The molecule has 1 N–H and O–H groups in total. The van der Waals surface area contributed by atoms with Crippen LogP contribution in [0.5, 0.6) is 11.5 Å². The van der Waals surface area contributed by atoms with Crippen molar-refractivity contribution in [3.63, 3.8) is 0 Å². The van der Waals surface area contributed by atoms with Crippen molar-refractivity contribution in [3.8, 4) is 22.9 Å². The van der Waals surface area contributed by atoms with E-state index >= 15 is 0 Å². The number of alkyl halides is 2. The Kier molecular flexibility index (Phi) is 6.39. The number of aromatic nitrogens is 4. The van der Waals surface area contributed by atoms with Crippen molar-refractivity contribution in [2.45, 2.75) is 32.4 Å². The SMILES string of the molecule is CCOc1cc(/C=C/C(=O)Nc2ccc(-c3nnnn3C3CC3)cc2)ccc1OC(F)F. The number of hydrogen-bond acceptors (Lipinski definition) is 6. The van der Waals surface area contributed by atoms with Crippen molar-refractivity contribution in [3.05, 3.63) is 54.1 Å². The molecule has 0 spiro atoms. The van der Waals surface area contributed by atoms with Gasteiger partial charge in [-0.05, 0) is 78.2 Å². The highest BCUT2D eigenvalue weighted by Gasteiger charge is 2.28. The molecular weight excluding hydrogens is 420 g/mol. The van der Waals surface area contributed by atoms with Crippen molar-refractivity contribution >= 4 is 17.7 Å². The van der Waals surface area contributed by atoms with Crippen LogP contribution in [0.3, 0.4) is 0 Å². The van der Waals surface area contributed by atoms with Crippen LogP contribution >= 0.6 is 0 Å². The van der Waals surface area contributed by atoms with E-state index in [1.54, 1.807) is 31.2 Å². The van der Waals surface area contributed by atoms with E-state index in [9.17, 15) is 13.6 Å². The van der Waals surface area contributed by atoms with Gasteiger partial charge in [0.15, 0.2) is 17.3 Å². The Morgan fingerprint density at radius 3 is 2.69 bits per heavy atom. The monoisotopic (exact) mass is 441 g/mol. The van der Waals surface area contributed by atoms with Gasteiger partial charge in [0.05, 0.1) is 12.6 Å². The van der Waals surface area contributed by atoms with E-state index in [2.05, 4.69) is 25.6 Å². The lowest BCUT2D eigenvalue weighted by atomic mass is 10.1. The van der Waals surface area contributed by atoms with Gasteiger partial charge in [0.25, 0.3) is 0 Å². The summed E-state index contributed by atoms with van der Waals surface area (Å²) in [6, 6.07) is 12.1. The molecule has 2 aromatic carbocycles. The summed E-state index contributed by atoms with van der Waals surface area (Å²) in [7, 11) is 0. The third kappa shape index (κ3) is 5.26. The van der Waals surface area contributed by atoms with E-state index in [-0.39, 0.29) is 24.0 Å². The minimum Gasteiger partial charge on any atom is -0.490 e. The standard InChI is InChI=1S/C22H21F2N5O3/c1-2-31-19-13-14(3-11-18(19)32-22(23)24)4-12-20(30)25-16-7-5-15(6-8-16)21-26-27-28-29(21)17-9-10-17/h3-8,11-13,17,22H,2,9-10H2,1H3,(H,25,30)/b12-4+. The lowest BCUT2D eigenvalue weighted by Gasteiger charge is -2.11. The lowest BCUT2D eigenvalue weighted by Crippen LogP contribution is -2.07. The molecule has 1 amide bonds. The van der Waals surface area contributed by atoms with E-state index in [1.807, 2.05) is 16.8 Å². The molecule has 0 saturated heterocycles. The Bertz CT molecular complexity index is 1110. The number of carbonyl (C=O) groups is 1. The van der Waals surface area contributed by atoms with Gasteiger partial charge in [0, 0.05) is 17.3 Å². The first-order valence-electron chi connectivity index (χ1n) is 10.1. The summed E-state index contributed by atoms with van der Waals surface area (Å²) in [6.07, 6.45) is 5.06. The molecule has 0 atom stereocenters. The zero-order valence-electron chi connectivity index (χ0n) is 17.2. The highest BCUT2D eigenvalue weighted by atomic mass is 19.3. The number of halogens is 2. The summed E-state index contributed by atoms with van der Waals surface area (Å²) in [5.41, 5.74) is 2.09. The molecule has 1 heterocycles. The van der Waals surface area contributed by atoms with Crippen LogP contribution in [0.1, 0.15) is 31.4 Å². The second-order valence-electron chi connectivity index (χ2n) is 7.10. The molecule has 1 aliphatic rings. The first-order valence-corrected chi connectivity index (χ1v) is 10.1. The van der Waals surface area contributed by atoms with Gasteiger partial charge in [-0.3, -0.25) is 4.79 Å². The highest BCUT2D eigenvalue weighted by molar-refractivity contribution is 6.02. The van der Waals surface area contributed by atoms with Crippen molar-refractivity contribution in [1.82, 2.24) is 20.2 Å². The number of tetrazole rings is 1. The molecule has 1 aromatic heterocycles. The molecule has 0 unspecified atom stereocenters. The predicted octanol–water partition coefficient (Wildman–Crippen LogP) is 4.33. The number of carbonyl (C=O) groups excluding carboxylic acids is 1. The minimum atomic E-state index is -2.95. The number of nitrogens with one attached hydrogen (secondary N) is 1. The highest BCUT2D eigenvalue weighted by Crippen LogP contribution is 2.36. The molecule has 166 valence electrons. The Hall–Kier alpha value is -3.82. The number of nitrogens with zero attached hydrogens (tertiary/aromatic N) is 4. The molecule has 32 heavy (non-hydrogen) atoms. The second-order valence-corrected chi connectivity index (χ2v) is 7.10. The molecular formula is C22H21F2N5O3. The Labute approximate surface area is 182 Å². The molecule has 8 nitrogen and oxygen atoms in total. The number of amides is 1. The van der Waals surface area contributed by atoms with Gasteiger partial charge in [0.1, 0.15) is 0 Å². The van der Waals surface area contributed by atoms with E-state index in [0.717, 1.165) is 18.4 Å². The quantitative estimate of drug-likeness (QED) is 0.497. The molecule has 1 aliphatic carbocycles. The number of benzene rings is 2. The van der Waals surface area contributed by atoms with Gasteiger partial charge in [-0.15, -0.1) is 5.10 Å². The first kappa shape index (κ1) is 21.4. The lowest BCUT2D eigenvalue weighted by molar-refractivity contribution is -0.111. The zero-order chi connectivity index (χ0) is 22.5. The maximum Gasteiger partial charge on any atom is 0.387 e. The normalized spacial score (nSPS) is 13.5. The Morgan fingerprint density at radius 2 is 2.00 bits per heavy atom. The van der Waals surface area contributed by atoms with Crippen molar-refractivity contribution in [2.75, 3.05) is 11.9 Å². The van der Waals surface area contributed by atoms with Gasteiger partial charge in [0.2, 0.25) is 5.91 Å². The molecule has 4 rings (SSSR count). The molecule has 0 radical (unpaired) electrons. The molecule has 3 aromatic rings. The van der Waals surface area contributed by atoms with Crippen LogP contribution in [0.2, 0.25) is 0 Å². The van der Waals surface area contributed by atoms with Crippen LogP contribution in [0.25, 0.3) is 17.5 Å². The molecule has 1 fully saturated rings. The maximum atomic E-state index is 12.5. The number of rotatable bonds is 9. The van der Waals surface area contributed by atoms with Crippen LogP contribution < -0.4 is 14.8 Å². The van der Waals surface area contributed by atoms with Gasteiger partial charge in [-0.1, -0.05) is 6.07 Å². The van der Waals surface area contributed by atoms with Crippen molar-refractivity contribution in [1.29, 1.82) is 0 Å². The van der Waals surface area contributed by atoms with Crippen LogP contribution in [0, 0.1) is 0 Å². The Balaban J connectivity index is 1.40. The smallest absolute Gasteiger partial charge is 0.387 e. The second kappa shape index (κ2) is 9.54. The van der Waals surface area contributed by atoms with Gasteiger partial charge in [-0.2, -0.15) is 8.78 Å². The molecule has 0 bridgehead atoms. The summed E-state index contributed by atoms with van der Waals surface area (Å²) in [4.78, 5) is 12.3. The van der Waals surface area contributed by atoms with Crippen LogP contribution in [0.15, 0.2) is 48.5 Å². The fourth-order valence-electron chi connectivity index (χ4n) is 3.10. The molecule has 10 heteroatoms. The third-order valence-corrected chi connectivity index (χ3v) is 4.71. The Morgan fingerprint density at radius 1 is 1.22 bits per heavy atom. The van der Waals surface area contributed by atoms with E-state index in [1.165, 1.54) is 18.2 Å².